The summed E-state index contributed by atoms with van der Waals surface area (Å²) in [6.45, 7) is 0.338. The number of nitrogens with one attached hydrogen (secondary N) is 1. The number of alkyl halides is 3. The molecule has 0 fully saturated rings. The van der Waals surface area contributed by atoms with E-state index in [1.54, 1.807) is 19.1 Å². The molecule has 0 spiro atoms. The summed E-state index contributed by atoms with van der Waals surface area (Å²) in [4.78, 5) is 10.6. The van der Waals surface area contributed by atoms with Crippen molar-refractivity contribution in [2.75, 3.05) is 6.61 Å². The highest BCUT2D eigenvalue weighted by atomic mass is 19.4. The van der Waals surface area contributed by atoms with Gasteiger partial charge in [0.2, 0.25) is 0 Å². The van der Waals surface area contributed by atoms with E-state index in [-0.39, 0.29) is 11.7 Å². The van der Waals surface area contributed by atoms with Gasteiger partial charge in [0.25, 0.3) is 0 Å². The molecule has 0 aliphatic rings. The van der Waals surface area contributed by atoms with Crippen molar-refractivity contribution in [3.8, 4) is 5.75 Å². The molecule has 5 nitrogen and oxygen atoms in total. The minimum Gasteiger partial charge on any atom is -0.484 e. The van der Waals surface area contributed by atoms with Crippen molar-refractivity contribution in [1.82, 2.24) is 0 Å². The molecule has 0 saturated carbocycles. The van der Waals surface area contributed by atoms with Crippen molar-refractivity contribution in [2.45, 2.75) is 38.5 Å². The summed E-state index contributed by atoms with van der Waals surface area (Å²) >= 11 is 0. The van der Waals surface area contributed by atoms with E-state index in [0.29, 0.717) is 19.3 Å². The van der Waals surface area contributed by atoms with Crippen LogP contribution < -0.4 is 4.74 Å². The van der Waals surface area contributed by atoms with Crippen LogP contribution in [0.5, 0.6) is 5.75 Å². The molecule has 0 aromatic heterocycles. The van der Waals surface area contributed by atoms with Crippen molar-refractivity contribution in [3.63, 3.8) is 0 Å². The molecule has 0 aliphatic carbocycles. The molecule has 0 amide bonds. The first-order chi connectivity index (χ1) is 12.1. The number of halogens is 3. The molecule has 8 heteroatoms. The first-order valence-electron chi connectivity index (χ1n) is 8.03. The number of aliphatic hydroxyl groups is 1. The number of carbonyl (C=O) groups is 1. The van der Waals surface area contributed by atoms with Gasteiger partial charge in [-0.3, -0.25) is 5.41 Å². The van der Waals surface area contributed by atoms with Gasteiger partial charge < -0.3 is 14.9 Å². The number of carboxylic acid groups (broad SMARTS) is 1. The number of aliphatic hydroxyl groups excluding tert-OH is 1. The Bertz CT molecular complexity index is 626. The van der Waals surface area contributed by atoms with E-state index in [9.17, 15) is 23.1 Å². The Hall–Kier alpha value is -2.35. The zero-order valence-corrected chi connectivity index (χ0v) is 14.3. The van der Waals surface area contributed by atoms with Crippen LogP contribution in [0.1, 0.15) is 25.3 Å². The van der Waals surface area contributed by atoms with Gasteiger partial charge in [-0.25, -0.2) is 4.79 Å². The number of aliphatic carboxylic acids is 1. The normalized spacial score (nSPS) is 14.2. The fraction of sp³-hybridized carbons (Fsp3) is 0.444. The lowest BCUT2D eigenvalue weighted by Gasteiger charge is -2.15. The molecule has 0 aliphatic heterocycles. The second kappa shape index (κ2) is 9.96. The molecule has 0 bridgehead atoms. The van der Waals surface area contributed by atoms with E-state index in [1.807, 2.05) is 12.2 Å². The van der Waals surface area contributed by atoms with E-state index < -0.39 is 30.6 Å². The van der Waals surface area contributed by atoms with Gasteiger partial charge in [-0.05, 0) is 42.9 Å². The van der Waals surface area contributed by atoms with Crippen molar-refractivity contribution >= 4 is 11.7 Å². The molecule has 0 heterocycles. The van der Waals surface area contributed by atoms with Gasteiger partial charge in [0.05, 0.1) is 0 Å². The van der Waals surface area contributed by atoms with Crippen molar-refractivity contribution in [2.24, 2.45) is 5.92 Å². The highest BCUT2D eigenvalue weighted by Crippen LogP contribution is 2.19. The summed E-state index contributed by atoms with van der Waals surface area (Å²) in [5, 5.41) is 25.6. The summed E-state index contributed by atoms with van der Waals surface area (Å²) < 4.78 is 40.8. The number of benzene rings is 1. The van der Waals surface area contributed by atoms with Crippen LogP contribution in [0.25, 0.3) is 0 Å². The maximum atomic E-state index is 12.1. The second-order valence-electron chi connectivity index (χ2n) is 5.93. The average molecular weight is 373 g/mol. The van der Waals surface area contributed by atoms with Crippen LogP contribution in [0.4, 0.5) is 13.2 Å². The van der Waals surface area contributed by atoms with Crippen LogP contribution in [0.3, 0.4) is 0 Å². The summed E-state index contributed by atoms with van der Waals surface area (Å²) in [5.74, 6) is -1.67. The van der Waals surface area contributed by atoms with Gasteiger partial charge in [0, 0.05) is 0 Å². The van der Waals surface area contributed by atoms with Gasteiger partial charge in [0.15, 0.2) is 6.61 Å². The Labute approximate surface area is 149 Å². The van der Waals surface area contributed by atoms with Crippen molar-refractivity contribution < 1.29 is 32.9 Å². The van der Waals surface area contributed by atoms with Crippen LogP contribution in [-0.4, -0.2) is 40.8 Å². The summed E-state index contributed by atoms with van der Waals surface area (Å²) in [6, 6.07) is 6.36. The van der Waals surface area contributed by atoms with Gasteiger partial charge in [0.1, 0.15) is 17.6 Å². The first kappa shape index (κ1) is 21.7. The molecule has 144 valence electrons. The third kappa shape index (κ3) is 8.15. The topological polar surface area (TPSA) is 90.6 Å². The zero-order chi connectivity index (χ0) is 19.7. The molecule has 1 aromatic rings. The van der Waals surface area contributed by atoms with Crippen molar-refractivity contribution in [1.29, 1.82) is 5.41 Å². The Morgan fingerprint density at radius 3 is 2.42 bits per heavy atom. The minimum atomic E-state index is -4.36. The lowest BCUT2D eigenvalue weighted by molar-refractivity contribution is -0.153. The monoisotopic (exact) mass is 373 g/mol. The Morgan fingerprint density at radius 2 is 1.88 bits per heavy atom. The van der Waals surface area contributed by atoms with E-state index >= 15 is 0 Å². The molecule has 2 atom stereocenters. The molecule has 3 N–H and O–H groups in total. The standard InChI is InChI=1S/C18H22F3NO4/c1-12(16(23)15(22)17(24)25)5-3-2-4-6-13-7-9-14(10-8-13)26-11-18(19,20)21/h2-3,7-10,12,16,22-23H,4-6,11H2,1H3,(H,24,25)/b3-2+,22-15?. The first-order valence-corrected chi connectivity index (χ1v) is 8.03. The number of allylic oxidation sites excluding steroid dienone is 2. The largest absolute Gasteiger partial charge is 0.484 e. The number of ether oxygens (including phenoxy) is 1. The molecule has 2 unspecified atom stereocenters. The summed E-state index contributed by atoms with van der Waals surface area (Å²) in [6.07, 6.45) is -0.204. The van der Waals surface area contributed by atoms with Crippen LogP contribution in [0.15, 0.2) is 36.4 Å². The second-order valence-corrected chi connectivity index (χ2v) is 5.93. The van der Waals surface area contributed by atoms with Crippen LogP contribution >= 0.6 is 0 Å². The number of carboxylic acids is 1. The van der Waals surface area contributed by atoms with Crippen LogP contribution in [0, 0.1) is 11.3 Å². The Kier molecular flexibility index (Phi) is 8.31. The SMILES string of the molecule is CC(C/C=C/CCc1ccc(OCC(F)(F)F)cc1)C(O)C(=N)C(=O)O. The molecule has 1 rings (SSSR count). The average Bonchev–Trinajstić information content (AvgIpc) is 2.58. The lowest BCUT2D eigenvalue weighted by Crippen LogP contribution is -2.32. The minimum absolute atomic E-state index is 0.158. The number of hydrogen-bond donors (Lipinski definition) is 3. The van der Waals surface area contributed by atoms with Gasteiger partial charge in [-0.2, -0.15) is 13.2 Å². The van der Waals surface area contributed by atoms with Gasteiger partial charge in [-0.1, -0.05) is 31.2 Å². The molecule has 26 heavy (non-hydrogen) atoms. The lowest BCUT2D eigenvalue weighted by atomic mass is 9.96. The highest BCUT2D eigenvalue weighted by Gasteiger charge is 2.28. The third-order valence-corrected chi connectivity index (χ3v) is 3.67. The van der Waals surface area contributed by atoms with Crippen molar-refractivity contribution in [3.05, 3.63) is 42.0 Å². The molecule has 1 aromatic carbocycles. The molecular formula is C18H22F3NO4. The fourth-order valence-electron chi connectivity index (χ4n) is 2.14. The van der Waals surface area contributed by atoms with E-state index in [0.717, 1.165) is 5.56 Å². The Balaban J connectivity index is 2.35. The number of hydrogen-bond acceptors (Lipinski definition) is 4. The van der Waals surface area contributed by atoms with E-state index in [1.165, 1.54) is 12.1 Å². The van der Waals surface area contributed by atoms with E-state index in [2.05, 4.69) is 4.74 Å². The fourth-order valence-corrected chi connectivity index (χ4v) is 2.14. The molecule has 0 radical (unpaired) electrons. The number of rotatable bonds is 10. The maximum absolute atomic E-state index is 12.1. The van der Waals surface area contributed by atoms with Gasteiger partial charge in [-0.15, -0.1) is 0 Å². The highest BCUT2D eigenvalue weighted by molar-refractivity contribution is 6.36. The van der Waals surface area contributed by atoms with Crippen LogP contribution in [-0.2, 0) is 11.2 Å². The third-order valence-electron chi connectivity index (χ3n) is 3.67. The molecular weight excluding hydrogens is 351 g/mol. The summed E-state index contributed by atoms with van der Waals surface area (Å²) in [7, 11) is 0. The Morgan fingerprint density at radius 1 is 1.27 bits per heavy atom. The predicted molar refractivity (Wildman–Crippen MR) is 90.6 cm³/mol. The maximum Gasteiger partial charge on any atom is 0.422 e. The quantitative estimate of drug-likeness (QED) is 0.432. The zero-order valence-electron chi connectivity index (χ0n) is 14.3. The predicted octanol–water partition coefficient (Wildman–Crippen LogP) is 3.61. The molecule has 0 saturated heterocycles. The van der Waals surface area contributed by atoms with Gasteiger partial charge >= 0.3 is 12.1 Å². The van der Waals surface area contributed by atoms with E-state index in [4.69, 9.17) is 10.5 Å². The smallest absolute Gasteiger partial charge is 0.422 e. The van der Waals surface area contributed by atoms with Crippen LogP contribution in [0.2, 0.25) is 0 Å². The number of aryl methyl sites for hydroxylation is 1. The summed E-state index contributed by atoms with van der Waals surface area (Å²) in [5.41, 5.74) is 0.216.